The number of ether oxygens (including phenoxy) is 2. The Morgan fingerprint density at radius 3 is 2.53 bits per heavy atom. The SMILES string of the molecule is Cc1cccc(OC(C)C(=O)NCCOc2ccc(-c3ccc(F)cc3)nn2)c1C. The van der Waals surface area contributed by atoms with Gasteiger partial charge in [-0.25, -0.2) is 4.39 Å². The van der Waals surface area contributed by atoms with E-state index in [0.29, 0.717) is 23.9 Å². The molecule has 3 aromatic rings. The molecule has 0 fully saturated rings. The first-order valence-corrected chi connectivity index (χ1v) is 9.67. The number of benzene rings is 2. The first-order chi connectivity index (χ1) is 14.4. The minimum Gasteiger partial charge on any atom is -0.481 e. The van der Waals surface area contributed by atoms with Gasteiger partial charge in [0.25, 0.3) is 5.91 Å². The Bertz CT molecular complexity index is 992. The summed E-state index contributed by atoms with van der Waals surface area (Å²) in [4.78, 5) is 12.2. The van der Waals surface area contributed by atoms with E-state index < -0.39 is 6.10 Å². The number of carbonyl (C=O) groups excluding carboxylic acids is 1. The molecule has 0 aliphatic carbocycles. The fourth-order valence-corrected chi connectivity index (χ4v) is 2.74. The van der Waals surface area contributed by atoms with Gasteiger partial charge in [-0.15, -0.1) is 10.2 Å². The minimum atomic E-state index is -0.625. The summed E-state index contributed by atoms with van der Waals surface area (Å²) >= 11 is 0. The molecule has 0 saturated carbocycles. The molecule has 0 saturated heterocycles. The van der Waals surface area contributed by atoms with E-state index in [1.807, 2.05) is 32.0 Å². The van der Waals surface area contributed by atoms with Crippen LogP contribution in [0.25, 0.3) is 11.3 Å². The highest BCUT2D eigenvalue weighted by atomic mass is 19.1. The number of nitrogens with zero attached hydrogens (tertiary/aromatic N) is 2. The van der Waals surface area contributed by atoms with Crippen molar-refractivity contribution in [1.82, 2.24) is 15.5 Å². The van der Waals surface area contributed by atoms with Crippen molar-refractivity contribution < 1.29 is 18.7 Å². The van der Waals surface area contributed by atoms with Crippen molar-refractivity contribution in [3.63, 3.8) is 0 Å². The van der Waals surface area contributed by atoms with Gasteiger partial charge < -0.3 is 14.8 Å². The molecule has 0 bridgehead atoms. The Balaban J connectivity index is 1.43. The van der Waals surface area contributed by atoms with Gasteiger partial charge in [-0.2, -0.15) is 0 Å². The summed E-state index contributed by atoms with van der Waals surface area (Å²) in [5.41, 5.74) is 3.51. The molecule has 6 nitrogen and oxygen atoms in total. The molecule has 0 spiro atoms. The number of carbonyl (C=O) groups is 1. The van der Waals surface area contributed by atoms with E-state index in [1.165, 1.54) is 12.1 Å². The van der Waals surface area contributed by atoms with Crippen LogP contribution in [0.1, 0.15) is 18.1 Å². The molecule has 2 aromatic carbocycles. The molecule has 1 amide bonds. The summed E-state index contributed by atoms with van der Waals surface area (Å²) < 4.78 is 24.3. The lowest BCUT2D eigenvalue weighted by Gasteiger charge is -2.17. The summed E-state index contributed by atoms with van der Waals surface area (Å²) in [6.45, 7) is 6.22. The molecule has 7 heteroatoms. The predicted molar refractivity (Wildman–Crippen MR) is 112 cm³/mol. The van der Waals surface area contributed by atoms with Crippen molar-refractivity contribution in [3.05, 3.63) is 71.5 Å². The monoisotopic (exact) mass is 409 g/mol. The molecule has 1 heterocycles. The largest absolute Gasteiger partial charge is 0.481 e. The number of hydrogen-bond donors (Lipinski definition) is 1. The zero-order valence-corrected chi connectivity index (χ0v) is 17.2. The maximum atomic E-state index is 13.0. The average molecular weight is 409 g/mol. The number of rotatable bonds is 8. The van der Waals surface area contributed by atoms with E-state index in [-0.39, 0.29) is 18.3 Å². The van der Waals surface area contributed by atoms with Crippen molar-refractivity contribution in [3.8, 4) is 22.9 Å². The normalized spacial score (nSPS) is 11.6. The smallest absolute Gasteiger partial charge is 0.260 e. The van der Waals surface area contributed by atoms with Crippen molar-refractivity contribution in [2.45, 2.75) is 26.9 Å². The summed E-state index contributed by atoms with van der Waals surface area (Å²) in [6, 6.07) is 15.2. The van der Waals surface area contributed by atoms with Crippen LogP contribution in [-0.4, -0.2) is 35.4 Å². The van der Waals surface area contributed by atoms with E-state index in [9.17, 15) is 9.18 Å². The van der Waals surface area contributed by atoms with Gasteiger partial charge >= 0.3 is 0 Å². The standard InChI is InChI=1S/C23H24FN3O3/c1-15-5-4-6-21(16(15)2)30-17(3)23(28)25-13-14-29-22-12-11-20(26-27-22)18-7-9-19(24)10-8-18/h4-12,17H,13-14H2,1-3H3,(H,25,28). The Morgan fingerprint density at radius 2 is 1.83 bits per heavy atom. The van der Waals surface area contributed by atoms with Gasteiger partial charge in [-0.3, -0.25) is 4.79 Å². The highest BCUT2D eigenvalue weighted by Crippen LogP contribution is 2.22. The van der Waals surface area contributed by atoms with Gasteiger partial charge in [0.1, 0.15) is 18.2 Å². The van der Waals surface area contributed by atoms with Gasteiger partial charge in [-0.1, -0.05) is 12.1 Å². The van der Waals surface area contributed by atoms with Crippen LogP contribution in [0, 0.1) is 19.7 Å². The van der Waals surface area contributed by atoms with Crippen molar-refractivity contribution in [1.29, 1.82) is 0 Å². The average Bonchev–Trinajstić information content (AvgIpc) is 2.75. The van der Waals surface area contributed by atoms with E-state index in [1.54, 1.807) is 31.2 Å². The second kappa shape index (κ2) is 9.82. The number of halogens is 1. The van der Waals surface area contributed by atoms with Gasteiger partial charge in [0, 0.05) is 11.6 Å². The molecule has 156 valence electrons. The maximum Gasteiger partial charge on any atom is 0.260 e. The summed E-state index contributed by atoms with van der Waals surface area (Å²) in [6.07, 6.45) is -0.625. The lowest BCUT2D eigenvalue weighted by Crippen LogP contribution is -2.38. The van der Waals surface area contributed by atoms with Crippen molar-refractivity contribution >= 4 is 5.91 Å². The highest BCUT2D eigenvalue weighted by Gasteiger charge is 2.15. The Morgan fingerprint density at radius 1 is 1.07 bits per heavy atom. The van der Waals surface area contributed by atoms with Crippen LogP contribution in [0.5, 0.6) is 11.6 Å². The molecular weight excluding hydrogens is 385 g/mol. The van der Waals surface area contributed by atoms with Crippen LogP contribution in [0.4, 0.5) is 4.39 Å². The van der Waals surface area contributed by atoms with E-state index in [0.717, 1.165) is 16.7 Å². The van der Waals surface area contributed by atoms with Gasteiger partial charge in [0.05, 0.1) is 12.2 Å². The quantitative estimate of drug-likeness (QED) is 0.572. The number of amides is 1. The first-order valence-electron chi connectivity index (χ1n) is 9.67. The molecule has 0 aliphatic heterocycles. The molecule has 1 atom stereocenters. The fraction of sp³-hybridized carbons (Fsp3) is 0.261. The van der Waals surface area contributed by atoms with Crippen LogP contribution in [0.15, 0.2) is 54.6 Å². The zero-order chi connectivity index (χ0) is 21.5. The van der Waals surface area contributed by atoms with E-state index in [2.05, 4.69) is 15.5 Å². The summed E-state index contributed by atoms with van der Waals surface area (Å²) in [7, 11) is 0. The van der Waals surface area contributed by atoms with Crippen LogP contribution in [0.2, 0.25) is 0 Å². The second-order valence-electron chi connectivity index (χ2n) is 6.86. The third-order valence-electron chi connectivity index (χ3n) is 4.66. The Labute approximate surface area is 175 Å². The van der Waals surface area contributed by atoms with Crippen LogP contribution >= 0.6 is 0 Å². The number of aryl methyl sites for hydroxylation is 1. The first kappa shape index (κ1) is 21.2. The van der Waals surface area contributed by atoms with Crippen molar-refractivity contribution in [2.75, 3.05) is 13.2 Å². The van der Waals surface area contributed by atoms with Gasteiger partial charge in [0.15, 0.2) is 6.10 Å². The Hall–Kier alpha value is -3.48. The fourth-order valence-electron chi connectivity index (χ4n) is 2.74. The lowest BCUT2D eigenvalue weighted by atomic mass is 10.1. The third-order valence-corrected chi connectivity index (χ3v) is 4.66. The molecule has 3 rings (SSSR count). The summed E-state index contributed by atoms with van der Waals surface area (Å²) in [5.74, 6) is 0.514. The number of aromatic nitrogens is 2. The molecule has 1 N–H and O–H groups in total. The van der Waals surface area contributed by atoms with Gasteiger partial charge in [0.2, 0.25) is 5.88 Å². The third kappa shape index (κ3) is 5.53. The van der Waals surface area contributed by atoms with Crippen LogP contribution in [-0.2, 0) is 4.79 Å². The van der Waals surface area contributed by atoms with E-state index >= 15 is 0 Å². The maximum absolute atomic E-state index is 13.0. The van der Waals surface area contributed by atoms with E-state index in [4.69, 9.17) is 9.47 Å². The summed E-state index contributed by atoms with van der Waals surface area (Å²) in [5, 5.41) is 10.9. The Kier molecular flexibility index (Phi) is 6.95. The molecule has 0 radical (unpaired) electrons. The number of nitrogens with one attached hydrogen (secondary N) is 1. The molecule has 0 aliphatic rings. The zero-order valence-electron chi connectivity index (χ0n) is 17.2. The minimum absolute atomic E-state index is 0.225. The molecule has 30 heavy (non-hydrogen) atoms. The van der Waals surface area contributed by atoms with Gasteiger partial charge in [-0.05, 0) is 68.3 Å². The predicted octanol–water partition coefficient (Wildman–Crippen LogP) is 3.86. The topological polar surface area (TPSA) is 73.3 Å². The molecule has 1 unspecified atom stereocenters. The molecular formula is C23H24FN3O3. The number of hydrogen-bond acceptors (Lipinski definition) is 5. The second-order valence-corrected chi connectivity index (χ2v) is 6.86. The highest BCUT2D eigenvalue weighted by molar-refractivity contribution is 5.80. The lowest BCUT2D eigenvalue weighted by molar-refractivity contribution is -0.127. The molecule has 1 aromatic heterocycles. The van der Waals surface area contributed by atoms with Crippen LogP contribution in [0.3, 0.4) is 0 Å². The van der Waals surface area contributed by atoms with Crippen molar-refractivity contribution in [2.24, 2.45) is 0 Å². The van der Waals surface area contributed by atoms with Crippen LogP contribution < -0.4 is 14.8 Å².